The Morgan fingerprint density at radius 2 is 1.81 bits per heavy atom. The van der Waals surface area contributed by atoms with E-state index < -0.39 is 17.7 Å². The molecular weight excluding hydrogens is 270 g/mol. The third kappa shape index (κ3) is 3.58. The first-order valence-corrected chi connectivity index (χ1v) is 6.87. The number of anilines is 1. The van der Waals surface area contributed by atoms with Crippen molar-refractivity contribution >= 4 is 5.69 Å². The van der Waals surface area contributed by atoms with Crippen LogP contribution in [-0.2, 0) is 0 Å². The van der Waals surface area contributed by atoms with E-state index in [0.29, 0.717) is 6.54 Å². The molecule has 21 heavy (non-hydrogen) atoms. The van der Waals surface area contributed by atoms with Crippen molar-refractivity contribution in [3.8, 4) is 0 Å². The molecule has 0 spiro atoms. The van der Waals surface area contributed by atoms with Gasteiger partial charge >= 0.3 is 0 Å². The van der Waals surface area contributed by atoms with E-state index in [0.717, 1.165) is 29.4 Å². The van der Waals surface area contributed by atoms with Gasteiger partial charge in [-0.05, 0) is 43.7 Å². The Morgan fingerprint density at radius 1 is 1.10 bits per heavy atom. The van der Waals surface area contributed by atoms with Crippen LogP contribution in [0.4, 0.5) is 14.5 Å². The highest BCUT2D eigenvalue weighted by Crippen LogP contribution is 2.23. The Labute approximate surface area is 124 Å². The number of likely N-dealkylation sites (N-methyl/N-ethyl adjacent to an activating group) is 1. The van der Waals surface area contributed by atoms with Gasteiger partial charge in [0.25, 0.3) is 0 Å². The van der Waals surface area contributed by atoms with Crippen LogP contribution in [0.15, 0.2) is 36.4 Å². The van der Waals surface area contributed by atoms with E-state index in [-0.39, 0.29) is 5.56 Å². The van der Waals surface area contributed by atoms with Crippen molar-refractivity contribution < 1.29 is 8.78 Å². The van der Waals surface area contributed by atoms with Gasteiger partial charge in [-0.3, -0.25) is 0 Å². The van der Waals surface area contributed by atoms with Crippen LogP contribution >= 0.6 is 0 Å². The minimum Gasteiger partial charge on any atom is -0.372 e. The van der Waals surface area contributed by atoms with Crippen LogP contribution in [0.2, 0.25) is 0 Å². The largest absolute Gasteiger partial charge is 0.372 e. The predicted octanol–water partition coefficient (Wildman–Crippen LogP) is 3.72. The summed E-state index contributed by atoms with van der Waals surface area (Å²) in [7, 11) is 1.90. The third-order valence-electron chi connectivity index (χ3n) is 3.59. The summed E-state index contributed by atoms with van der Waals surface area (Å²) in [5.41, 5.74) is 9.58. The molecule has 0 radical (unpaired) electrons. The maximum absolute atomic E-state index is 13.7. The van der Waals surface area contributed by atoms with Gasteiger partial charge in [-0.1, -0.05) is 17.7 Å². The Morgan fingerprint density at radius 3 is 2.48 bits per heavy atom. The van der Waals surface area contributed by atoms with Crippen molar-refractivity contribution in [3.63, 3.8) is 0 Å². The number of hydrogen-bond donors (Lipinski definition) is 1. The zero-order valence-electron chi connectivity index (χ0n) is 12.5. The van der Waals surface area contributed by atoms with Crippen LogP contribution in [0.25, 0.3) is 0 Å². The summed E-state index contributed by atoms with van der Waals surface area (Å²) in [5.74, 6) is -0.950. The normalized spacial score (nSPS) is 12.3. The average molecular weight is 290 g/mol. The Balaban J connectivity index is 2.18. The van der Waals surface area contributed by atoms with Crippen LogP contribution in [0.1, 0.15) is 22.7 Å². The zero-order chi connectivity index (χ0) is 15.6. The summed E-state index contributed by atoms with van der Waals surface area (Å²) in [6.07, 6.45) is 0. The van der Waals surface area contributed by atoms with E-state index in [1.165, 1.54) is 5.56 Å². The van der Waals surface area contributed by atoms with Gasteiger partial charge in [0, 0.05) is 24.8 Å². The Hall–Kier alpha value is -1.94. The third-order valence-corrected chi connectivity index (χ3v) is 3.59. The molecule has 0 saturated carbocycles. The predicted molar refractivity (Wildman–Crippen MR) is 82.5 cm³/mol. The number of hydrogen-bond acceptors (Lipinski definition) is 2. The SMILES string of the molecule is Cc1ccc(N(C)CC(N)c2cc(F)ccc2F)c(C)c1. The number of aryl methyl sites for hydroxylation is 2. The molecule has 0 aliphatic heterocycles. The molecule has 2 rings (SSSR count). The van der Waals surface area contributed by atoms with Crippen LogP contribution in [-0.4, -0.2) is 13.6 Å². The van der Waals surface area contributed by atoms with E-state index in [1.54, 1.807) is 0 Å². The molecule has 0 aliphatic rings. The van der Waals surface area contributed by atoms with E-state index in [9.17, 15) is 8.78 Å². The summed E-state index contributed by atoms with van der Waals surface area (Å²) in [4.78, 5) is 1.96. The fourth-order valence-corrected chi connectivity index (χ4v) is 2.52. The molecule has 2 N–H and O–H groups in total. The van der Waals surface area contributed by atoms with Crippen LogP contribution in [0.3, 0.4) is 0 Å². The topological polar surface area (TPSA) is 29.3 Å². The fourth-order valence-electron chi connectivity index (χ4n) is 2.52. The van der Waals surface area contributed by atoms with Crippen molar-refractivity contribution in [2.75, 3.05) is 18.5 Å². The molecule has 2 nitrogen and oxygen atoms in total. The first-order valence-electron chi connectivity index (χ1n) is 6.87. The fraction of sp³-hybridized carbons (Fsp3) is 0.294. The molecule has 1 unspecified atom stereocenters. The van der Waals surface area contributed by atoms with E-state index >= 15 is 0 Å². The molecular formula is C17H20F2N2. The molecule has 0 aliphatic carbocycles. The van der Waals surface area contributed by atoms with Crippen molar-refractivity contribution in [1.29, 1.82) is 0 Å². The summed E-state index contributed by atoms with van der Waals surface area (Å²) >= 11 is 0. The molecule has 0 heterocycles. The van der Waals surface area contributed by atoms with Gasteiger partial charge in [0.1, 0.15) is 11.6 Å². The highest BCUT2D eigenvalue weighted by atomic mass is 19.1. The minimum atomic E-state index is -0.591. The molecule has 0 amide bonds. The maximum Gasteiger partial charge on any atom is 0.128 e. The van der Waals surface area contributed by atoms with Gasteiger partial charge in [-0.25, -0.2) is 8.78 Å². The van der Waals surface area contributed by atoms with Gasteiger partial charge in [0.05, 0.1) is 6.04 Å². The zero-order valence-corrected chi connectivity index (χ0v) is 12.5. The number of nitrogens with two attached hydrogens (primary N) is 1. The second-order valence-corrected chi connectivity index (χ2v) is 5.44. The first kappa shape index (κ1) is 15.4. The number of nitrogens with zero attached hydrogens (tertiary/aromatic N) is 1. The Bertz CT molecular complexity index is 641. The summed E-state index contributed by atoms with van der Waals surface area (Å²) in [6.45, 7) is 4.46. The van der Waals surface area contributed by atoms with E-state index in [2.05, 4.69) is 6.07 Å². The lowest BCUT2D eigenvalue weighted by Crippen LogP contribution is -2.30. The van der Waals surface area contributed by atoms with Crippen LogP contribution < -0.4 is 10.6 Å². The summed E-state index contributed by atoms with van der Waals surface area (Å²) in [5, 5.41) is 0. The van der Waals surface area contributed by atoms with Crippen molar-refractivity contribution in [1.82, 2.24) is 0 Å². The second kappa shape index (κ2) is 6.22. The highest BCUT2D eigenvalue weighted by molar-refractivity contribution is 5.54. The molecule has 0 fully saturated rings. The lowest BCUT2D eigenvalue weighted by Gasteiger charge is -2.25. The molecule has 0 bridgehead atoms. The monoisotopic (exact) mass is 290 g/mol. The first-order chi connectivity index (χ1) is 9.88. The molecule has 1 atom stereocenters. The second-order valence-electron chi connectivity index (χ2n) is 5.44. The van der Waals surface area contributed by atoms with E-state index in [4.69, 9.17) is 5.73 Å². The quantitative estimate of drug-likeness (QED) is 0.930. The molecule has 2 aromatic carbocycles. The van der Waals surface area contributed by atoms with Crippen molar-refractivity contribution in [2.24, 2.45) is 5.73 Å². The van der Waals surface area contributed by atoms with Gasteiger partial charge in [0.2, 0.25) is 0 Å². The minimum absolute atomic E-state index is 0.201. The summed E-state index contributed by atoms with van der Waals surface area (Å²) in [6, 6.07) is 8.90. The lowest BCUT2D eigenvalue weighted by molar-refractivity contribution is 0.561. The maximum atomic E-state index is 13.7. The number of rotatable bonds is 4. The highest BCUT2D eigenvalue weighted by Gasteiger charge is 2.15. The Kier molecular flexibility index (Phi) is 4.58. The van der Waals surface area contributed by atoms with Crippen molar-refractivity contribution in [3.05, 3.63) is 64.7 Å². The van der Waals surface area contributed by atoms with Gasteiger partial charge in [-0.2, -0.15) is 0 Å². The smallest absolute Gasteiger partial charge is 0.128 e. The number of benzene rings is 2. The van der Waals surface area contributed by atoms with Crippen molar-refractivity contribution in [2.45, 2.75) is 19.9 Å². The molecule has 4 heteroatoms. The molecule has 112 valence electrons. The van der Waals surface area contributed by atoms with Gasteiger partial charge < -0.3 is 10.6 Å². The standard InChI is InChI=1S/C17H20F2N2/c1-11-4-7-17(12(2)8-11)21(3)10-16(20)14-9-13(18)5-6-15(14)19/h4-9,16H,10,20H2,1-3H3. The van der Waals surface area contributed by atoms with Crippen LogP contribution in [0, 0.1) is 25.5 Å². The van der Waals surface area contributed by atoms with Crippen LogP contribution in [0.5, 0.6) is 0 Å². The summed E-state index contributed by atoms with van der Waals surface area (Å²) < 4.78 is 27.0. The number of halogens is 2. The molecule has 2 aromatic rings. The van der Waals surface area contributed by atoms with Gasteiger partial charge in [-0.15, -0.1) is 0 Å². The van der Waals surface area contributed by atoms with Gasteiger partial charge in [0.15, 0.2) is 0 Å². The molecule has 0 saturated heterocycles. The van der Waals surface area contributed by atoms with E-state index in [1.807, 2.05) is 37.9 Å². The lowest BCUT2D eigenvalue weighted by atomic mass is 10.0. The molecule has 0 aromatic heterocycles. The average Bonchev–Trinajstić information content (AvgIpc) is 2.41.